The summed E-state index contributed by atoms with van der Waals surface area (Å²) in [4.78, 5) is 11.1. The van der Waals surface area contributed by atoms with Crippen molar-refractivity contribution in [1.82, 2.24) is 5.32 Å². The molecule has 1 aromatic rings. The summed E-state index contributed by atoms with van der Waals surface area (Å²) >= 11 is 0. The summed E-state index contributed by atoms with van der Waals surface area (Å²) in [5, 5.41) is 2.16. The highest BCUT2D eigenvalue weighted by Gasteiger charge is 2.46. The normalized spacial score (nSPS) is 24.8. The van der Waals surface area contributed by atoms with E-state index in [1.165, 1.54) is 0 Å². The van der Waals surface area contributed by atoms with Gasteiger partial charge in [-0.05, 0) is 23.3 Å². The van der Waals surface area contributed by atoms with Crippen molar-refractivity contribution >= 4 is 6.09 Å². The summed E-state index contributed by atoms with van der Waals surface area (Å²) in [6, 6.07) is 3.53. The van der Waals surface area contributed by atoms with Crippen LogP contribution in [0.15, 0.2) is 18.2 Å². The first-order valence-corrected chi connectivity index (χ1v) is 5.63. The highest BCUT2D eigenvalue weighted by atomic mass is 19.3. The second-order valence-corrected chi connectivity index (χ2v) is 4.38. The fraction of sp³-hybridized carbons (Fsp3) is 0.417. The minimum absolute atomic E-state index is 0.376. The van der Waals surface area contributed by atoms with Crippen molar-refractivity contribution in [3.8, 4) is 5.75 Å². The van der Waals surface area contributed by atoms with Crippen LogP contribution in [0.5, 0.6) is 5.75 Å². The van der Waals surface area contributed by atoms with Gasteiger partial charge in [-0.3, -0.25) is 0 Å². The summed E-state index contributed by atoms with van der Waals surface area (Å²) in [5.41, 5.74) is 1.27. The first kappa shape index (κ1) is 11.3. The predicted octanol–water partition coefficient (Wildman–Crippen LogP) is 2.04. The van der Waals surface area contributed by atoms with E-state index in [0.717, 1.165) is 11.3 Å². The Kier molecular flexibility index (Phi) is 2.39. The number of carbonyl (C=O) groups excluding carboxylic acids is 1. The lowest BCUT2D eigenvalue weighted by molar-refractivity contribution is -0.104. The molecule has 18 heavy (non-hydrogen) atoms. The molecule has 0 saturated carbocycles. The van der Waals surface area contributed by atoms with Crippen molar-refractivity contribution in [2.45, 2.75) is 18.4 Å². The molecule has 2 heterocycles. The average Bonchev–Trinajstić information content (AvgIpc) is 2.79. The zero-order chi connectivity index (χ0) is 12.8. The number of fused-ring (bicyclic) bond motifs is 1. The molecule has 0 unspecified atom stereocenters. The molecular weight excluding hydrogens is 244 g/mol. The van der Waals surface area contributed by atoms with E-state index in [0.29, 0.717) is 18.6 Å². The van der Waals surface area contributed by atoms with Gasteiger partial charge in [0.05, 0.1) is 6.61 Å². The van der Waals surface area contributed by atoms with Gasteiger partial charge in [-0.2, -0.15) is 0 Å². The van der Waals surface area contributed by atoms with E-state index in [9.17, 15) is 13.6 Å². The Bertz CT molecular complexity index is 504. The number of alkyl halides is 2. The van der Waals surface area contributed by atoms with E-state index in [-0.39, 0.29) is 0 Å². The van der Waals surface area contributed by atoms with Crippen LogP contribution >= 0.6 is 0 Å². The van der Waals surface area contributed by atoms with Gasteiger partial charge in [0, 0.05) is 6.42 Å². The lowest BCUT2D eigenvalue weighted by atomic mass is 9.97. The van der Waals surface area contributed by atoms with Crippen LogP contribution in [-0.2, 0) is 11.2 Å². The molecule has 1 N–H and O–H groups in total. The Balaban J connectivity index is 1.95. The van der Waals surface area contributed by atoms with Crippen molar-refractivity contribution < 1.29 is 23.0 Å². The van der Waals surface area contributed by atoms with E-state index in [4.69, 9.17) is 4.74 Å². The highest BCUT2D eigenvalue weighted by Crippen LogP contribution is 2.37. The molecule has 0 spiro atoms. The van der Waals surface area contributed by atoms with Gasteiger partial charge in [-0.1, -0.05) is 6.07 Å². The maximum absolute atomic E-state index is 13.7. The first-order chi connectivity index (χ1) is 8.56. The molecule has 96 valence electrons. The molecule has 1 fully saturated rings. The first-order valence-electron chi connectivity index (χ1n) is 5.63. The molecule has 2 aliphatic rings. The zero-order valence-corrected chi connectivity index (χ0v) is 9.41. The van der Waals surface area contributed by atoms with Gasteiger partial charge in [-0.15, -0.1) is 0 Å². The number of amides is 1. The topological polar surface area (TPSA) is 47.6 Å². The molecule has 1 atom stereocenters. The fourth-order valence-electron chi connectivity index (χ4n) is 2.22. The number of halogens is 2. The van der Waals surface area contributed by atoms with Crippen LogP contribution in [0.25, 0.3) is 0 Å². The van der Waals surface area contributed by atoms with Gasteiger partial charge in [0.15, 0.2) is 6.61 Å². The van der Waals surface area contributed by atoms with Crippen LogP contribution in [-0.4, -0.2) is 25.2 Å². The number of hydrogen-bond acceptors (Lipinski definition) is 3. The number of ether oxygens (including phenoxy) is 2. The van der Waals surface area contributed by atoms with E-state index >= 15 is 0 Å². The fourth-order valence-corrected chi connectivity index (χ4v) is 2.22. The molecule has 0 radical (unpaired) electrons. The van der Waals surface area contributed by atoms with Crippen molar-refractivity contribution in [1.29, 1.82) is 0 Å². The smallest absolute Gasteiger partial charge is 0.408 e. The van der Waals surface area contributed by atoms with Gasteiger partial charge >= 0.3 is 12.0 Å². The summed E-state index contributed by atoms with van der Waals surface area (Å²) < 4.78 is 37.0. The van der Waals surface area contributed by atoms with Crippen LogP contribution in [0.3, 0.4) is 0 Å². The second-order valence-electron chi connectivity index (χ2n) is 4.38. The Morgan fingerprint density at radius 2 is 2.17 bits per heavy atom. The van der Waals surface area contributed by atoms with Gasteiger partial charge in [0.1, 0.15) is 11.8 Å². The largest absolute Gasteiger partial charge is 0.493 e. The van der Waals surface area contributed by atoms with Crippen LogP contribution in [0.1, 0.15) is 17.2 Å². The van der Waals surface area contributed by atoms with Gasteiger partial charge in [-0.25, -0.2) is 13.6 Å². The molecule has 1 amide bonds. The zero-order valence-electron chi connectivity index (χ0n) is 9.41. The maximum Gasteiger partial charge on any atom is 0.408 e. The van der Waals surface area contributed by atoms with Crippen molar-refractivity contribution in [3.63, 3.8) is 0 Å². The Morgan fingerprint density at radius 1 is 1.33 bits per heavy atom. The van der Waals surface area contributed by atoms with E-state index in [1.54, 1.807) is 18.2 Å². The minimum Gasteiger partial charge on any atom is -0.493 e. The van der Waals surface area contributed by atoms with Crippen LogP contribution < -0.4 is 10.1 Å². The maximum atomic E-state index is 13.7. The number of alkyl carbamates (subject to hydrolysis) is 1. The SMILES string of the molecule is O=C1N[C@H](c2ccc3c(c2)CCO3)C(F)(F)CO1. The average molecular weight is 255 g/mol. The molecular formula is C12H11F2NO3. The highest BCUT2D eigenvalue weighted by molar-refractivity contribution is 5.69. The summed E-state index contributed by atoms with van der Waals surface area (Å²) in [6.45, 7) is -0.327. The van der Waals surface area contributed by atoms with Gasteiger partial charge in [0.25, 0.3) is 0 Å². The quantitative estimate of drug-likeness (QED) is 0.835. The molecule has 1 saturated heterocycles. The molecule has 0 aliphatic carbocycles. The van der Waals surface area contributed by atoms with E-state index in [2.05, 4.69) is 10.1 Å². The third kappa shape index (κ3) is 1.77. The monoisotopic (exact) mass is 255 g/mol. The van der Waals surface area contributed by atoms with Crippen molar-refractivity contribution in [2.24, 2.45) is 0 Å². The lowest BCUT2D eigenvalue weighted by Gasteiger charge is -2.31. The number of cyclic esters (lactones) is 1. The molecule has 0 bridgehead atoms. The Hall–Kier alpha value is -1.85. The van der Waals surface area contributed by atoms with E-state index in [1.807, 2.05) is 0 Å². The summed E-state index contributed by atoms with van der Waals surface area (Å²) in [7, 11) is 0. The molecule has 2 aliphatic heterocycles. The predicted molar refractivity (Wildman–Crippen MR) is 57.8 cm³/mol. The Morgan fingerprint density at radius 3 is 3.00 bits per heavy atom. The Labute approximate surface area is 102 Å². The summed E-state index contributed by atoms with van der Waals surface area (Å²) in [5.74, 6) is -2.39. The minimum atomic E-state index is -3.11. The van der Waals surface area contributed by atoms with E-state index < -0.39 is 24.7 Å². The standard InChI is InChI=1S/C12H11F2NO3/c13-12(14)6-18-11(16)15-10(12)8-1-2-9-7(5-8)3-4-17-9/h1-2,5,10H,3-4,6H2,(H,15,16)/t10-/m1/s1. The van der Waals surface area contributed by atoms with Crippen molar-refractivity contribution in [2.75, 3.05) is 13.2 Å². The lowest BCUT2D eigenvalue weighted by Crippen LogP contribution is -2.49. The number of benzene rings is 1. The van der Waals surface area contributed by atoms with Crippen LogP contribution in [0.4, 0.5) is 13.6 Å². The second kappa shape index (κ2) is 3.83. The van der Waals surface area contributed by atoms with Gasteiger partial charge < -0.3 is 14.8 Å². The third-order valence-electron chi connectivity index (χ3n) is 3.13. The molecule has 1 aromatic carbocycles. The number of rotatable bonds is 1. The number of nitrogens with one attached hydrogen (secondary N) is 1. The van der Waals surface area contributed by atoms with Gasteiger partial charge in [0.2, 0.25) is 0 Å². The molecule has 0 aromatic heterocycles. The van der Waals surface area contributed by atoms with Crippen LogP contribution in [0, 0.1) is 0 Å². The third-order valence-corrected chi connectivity index (χ3v) is 3.13. The number of carbonyl (C=O) groups is 1. The summed E-state index contributed by atoms with van der Waals surface area (Å²) in [6.07, 6.45) is -0.117. The molecule has 3 rings (SSSR count). The van der Waals surface area contributed by atoms with Crippen molar-refractivity contribution in [3.05, 3.63) is 29.3 Å². The van der Waals surface area contributed by atoms with Crippen LogP contribution in [0.2, 0.25) is 0 Å². The number of hydrogen-bond donors (Lipinski definition) is 1. The molecule has 6 heteroatoms. The molecule has 4 nitrogen and oxygen atoms in total.